The molecule has 1 aliphatic heterocycles. The molecule has 1 aliphatic rings. The lowest BCUT2D eigenvalue weighted by Crippen LogP contribution is -2.17. The van der Waals surface area contributed by atoms with Gasteiger partial charge < -0.3 is 9.72 Å². The lowest BCUT2D eigenvalue weighted by Gasteiger charge is -2.10. The molecule has 0 aliphatic carbocycles. The summed E-state index contributed by atoms with van der Waals surface area (Å²) in [7, 11) is 0. The Balaban J connectivity index is 1.80. The molecular weight excluding hydrogens is 332 g/mol. The molecule has 2 aromatic rings. The van der Waals surface area contributed by atoms with Crippen LogP contribution in [-0.4, -0.2) is 28.3 Å². The molecule has 7 heteroatoms. The molecule has 0 amide bonds. The maximum absolute atomic E-state index is 12.4. The summed E-state index contributed by atoms with van der Waals surface area (Å²) in [4.78, 5) is 32.4. The smallest absolute Gasteiger partial charge is 0.308 e. The van der Waals surface area contributed by atoms with Crippen LogP contribution in [0.4, 0.5) is 0 Å². The van der Waals surface area contributed by atoms with Crippen LogP contribution in [0.25, 0.3) is 10.2 Å². The van der Waals surface area contributed by atoms with E-state index in [0.29, 0.717) is 25.3 Å². The number of hydrogen-bond donors (Lipinski definition) is 1. The van der Waals surface area contributed by atoms with Crippen molar-refractivity contribution in [1.29, 1.82) is 0 Å². The standard InChI is InChI=1S/C16H20N2O3S2/c1-3-21-15(20)9(2)6-7-11-17-13(19)12-10-5-4-8-22-16(10)23-14(12)18-11/h9H,3-8H2,1-2H3,(H,17,18,19)/t9-/m1/s1. The van der Waals surface area contributed by atoms with Gasteiger partial charge in [-0.15, -0.1) is 23.1 Å². The number of nitrogens with one attached hydrogen (secondary N) is 1. The first-order chi connectivity index (χ1) is 11.1. The number of hydrogen-bond acceptors (Lipinski definition) is 6. The minimum Gasteiger partial charge on any atom is -0.466 e. The van der Waals surface area contributed by atoms with Crippen LogP contribution < -0.4 is 5.56 Å². The lowest BCUT2D eigenvalue weighted by molar-refractivity contribution is -0.147. The van der Waals surface area contributed by atoms with Crippen LogP contribution >= 0.6 is 23.1 Å². The number of thiophene rings is 1. The van der Waals surface area contributed by atoms with E-state index < -0.39 is 0 Å². The number of aromatic nitrogens is 2. The van der Waals surface area contributed by atoms with Gasteiger partial charge in [0.05, 0.1) is 22.1 Å². The fourth-order valence-electron chi connectivity index (χ4n) is 2.72. The summed E-state index contributed by atoms with van der Waals surface area (Å²) in [6.07, 6.45) is 3.27. The van der Waals surface area contributed by atoms with Gasteiger partial charge in [0, 0.05) is 6.42 Å². The Hall–Kier alpha value is -1.34. The minimum atomic E-state index is -0.195. The van der Waals surface area contributed by atoms with Crippen molar-refractivity contribution >= 4 is 39.3 Å². The highest BCUT2D eigenvalue weighted by Crippen LogP contribution is 2.40. The minimum absolute atomic E-state index is 0.0474. The van der Waals surface area contributed by atoms with Gasteiger partial charge in [-0.1, -0.05) is 6.92 Å². The number of rotatable bonds is 5. The van der Waals surface area contributed by atoms with E-state index in [4.69, 9.17) is 4.74 Å². The van der Waals surface area contributed by atoms with Crippen LogP contribution in [-0.2, 0) is 22.4 Å². The van der Waals surface area contributed by atoms with Gasteiger partial charge >= 0.3 is 5.97 Å². The first kappa shape index (κ1) is 16.5. The zero-order valence-corrected chi connectivity index (χ0v) is 14.9. The van der Waals surface area contributed by atoms with Gasteiger partial charge in [-0.2, -0.15) is 0 Å². The predicted octanol–water partition coefficient (Wildman–Crippen LogP) is 3.15. The summed E-state index contributed by atoms with van der Waals surface area (Å²) in [5.41, 5.74) is 1.12. The van der Waals surface area contributed by atoms with Gasteiger partial charge in [0.15, 0.2) is 0 Å². The molecule has 3 heterocycles. The van der Waals surface area contributed by atoms with Gasteiger partial charge in [-0.05, 0) is 37.5 Å². The van der Waals surface area contributed by atoms with Crippen molar-refractivity contribution in [1.82, 2.24) is 9.97 Å². The molecule has 0 saturated carbocycles. The van der Waals surface area contributed by atoms with Crippen LogP contribution in [0.5, 0.6) is 0 Å². The van der Waals surface area contributed by atoms with E-state index >= 15 is 0 Å². The number of thioether (sulfide) groups is 1. The Morgan fingerprint density at radius 3 is 3.09 bits per heavy atom. The zero-order valence-electron chi connectivity index (χ0n) is 13.3. The summed E-state index contributed by atoms with van der Waals surface area (Å²) in [6.45, 7) is 4.03. The third-order valence-corrected chi connectivity index (χ3v) is 6.51. The van der Waals surface area contributed by atoms with Crippen LogP contribution in [0.1, 0.15) is 38.1 Å². The molecule has 124 valence electrons. The van der Waals surface area contributed by atoms with Gasteiger partial charge in [0.25, 0.3) is 5.56 Å². The molecule has 5 nitrogen and oxygen atoms in total. The van der Waals surface area contributed by atoms with Crippen LogP contribution in [0.3, 0.4) is 0 Å². The second-order valence-corrected chi connectivity index (χ2v) is 8.07. The van der Waals surface area contributed by atoms with E-state index in [-0.39, 0.29) is 17.4 Å². The number of aryl methyl sites for hydroxylation is 2. The van der Waals surface area contributed by atoms with Crippen molar-refractivity contribution in [3.05, 3.63) is 21.7 Å². The molecule has 0 spiro atoms. The van der Waals surface area contributed by atoms with Crippen molar-refractivity contribution in [3.8, 4) is 0 Å². The molecule has 0 unspecified atom stereocenters. The number of esters is 1. The van der Waals surface area contributed by atoms with Gasteiger partial charge in [-0.3, -0.25) is 9.59 Å². The van der Waals surface area contributed by atoms with Crippen molar-refractivity contribution in [3.63, 3.8) is 0 Å². The van der Waals surface area contributed by atoms with Crippen molar-refractivity contribution in [2.45, 2.75) is 43.7 Å². The van der Waals surface area contributed by atoms with Gasteiger partial charge in [-0.25, -0.2) is 4.98 Å². The maximum Gasteiger partial charge on any atom is 0.308 e. The topological polar surface area (TPSA) is 72.0 Å². The maximum atomic E-state index is 12.4. The summed E-state index contributed by atoms with van der Waals surface area (Å²) >= 11 is 3.44. The number of H-pyrrole nitrogens is 1. The number of fused-ring (bicyclic) bond motifs is 3. The second-order valence-electron chi connectivity index (χ2n) is 5.70. The third-order valence-electron chi connectivity index (χ3n) is 3.98. The summed E-state index contributed by atoms with van der Waals surface area (Å²) in [6, 6.07) is 0. The lowest BCUT2D eigenvalue weighted by atomic mass is 10.1. The monoisotopic (exact) mass is 352 g/mol. The summed E-state index contributed by atoms with van der Waals surface area (Å²) in [5, 5.41) is 0.763. The van der Waals surface area contributed by atoms with E-state index in [1.165, 1.54) is 9.77 Å². The number of carbonyl (C=O) groups is 1. The van der Waals surface area contributed by atoms with Crippen molar-refractivity contribution < 1.29 is 9.53 Å². The molecule has 0 saturated heterocycles. The van der Waals surface area contributed by atoms with Crippen molar-refractivity contribution in [2.75, 3.05) is 12.4 Å². The van der Waals surface area contributed by atoms with E-state index in [2.05, 4.69) is 9.97 Å². The summed E-state index contributed by atoms with van der Waals surface area (Å²) < 4.78 is 6.25. The SMILES string of the molecule is CCOC(=O)[C@H](C)CCc1nc2sc3c(c2c(=O)[nH]1)CCCS3. The predicted molar refractivity (Wildman–Crippen MR) is 93.4 cm³/mol. The van der Waals surface area contributed by atoms with E-state index in [9.17, 15) is 9.59 Å². The molecular formula is C16H20N2O3S2. The highest BCUT2D eigenvalue weighted by molar-refractivity contribution is 8.01. The number of aromatic amines is 1. The Morgan fingerprint density at radius 1 is 1.48 bits per heavy atom. The summed E-state index contributed by atoms with van der Waals surface area (Å²) in [5.74, 6) is 1.38. The number of carbonyl (C=O) groups excluding carboxylic acids is 1. The molecule has 0 radical (unpaired) electrons. The van der Waals surface area contributed by atoms with Crippen LogP contribution in [0.15, 0.2) is 9.00 Å². The molecule has 0 bridgehead atoms. The zero-order chi connectivity index (χ0) is 16.4. The highest BCUT2D eigenvalue weighted by Gasteiger charge is 2.21. The molecule has 3 rings (SSSR count). The third kappa shape index (κ3) is 3.45. The average molecular weight is 352 g/mol. The molecule has 0 fully saturated rings. The number of ether oxygens (including phenoxy) is 1. The Bertz CT molecular complexity index is 781. The van der Waals surface area contributed by atoms with Gasteiger partial charge in [0.2, 0.25) is 0 Å². The quantitative estimate of drug-likeness (QED) is 0.837. The fraction of sp³-hybridized carbons (Fsp3) is 0.562. The molecule has 0 aromatic carbocycles. The largest absolute Gasteiger partial charge is 0.466 e. The fourth-order valence-corrected chi connectivity index (χ4v) is 5.27. The molecule has 23 heavy (non-hydrogen) atoms. The Labute approximate surface area is 142 Å². The van der Waals surface area contributed by atoms with Crippen LogP contribution in [0, 0.1) is 5.92 Å². The first-order valence-electron chi connectivity index (χ1n) is 7.94. The highest BCUT2D eigenvalue weighted by atomic mass is 32.2. The van der Waals surface area contributed by atoms with Gasteiger partial charge in [0.1, 0.15) is 10.7 Å². The van der Waals surface area contributed by atoms with E-state index in [1.54, 1.807) is 18.3 Å². The Morgan fingerprint density at radius 2 is 2.30 bits per heavy atom. The normalized spacial score (nSPS) is 15.4. The van der Waals surface area contributed by atoms with E-state index in [0.717, 1.165) is 28.8 Å². The molecule has 2 aromatic heterocycles. The average Bonchev–Trinajstić information content (AvgIpc) is 2.91. The van der Waals surface area contributed by atoms with Crippen molar-refractivity contribution in [2.24, 2.45) is 5.92 Å². The van der Waals surface area contributed by atoms with E-state index in [1.807, 2.05) is 18.7 Å². The van der Waals surface area contributed by atoms with Crippen LogP contribution in [0.2, 0.25) is 0 Å². The second kappa shape index (κ2) is 7.05. The number of nitrogens with zero attached hydrogens (tertiary/aromatic N) is 1. The Kier molecular flexibility index (Phi) is 5.06. The first-order valence-corrected chi connectivity index (χ1v) is 9.74. The molecule has 1 N–H and O–H groups in total. The molecule has 1 atom stereocenters.